The van der Waals surface area contributed by atoms with Crippen molar-refractivity contribution in [2.24, 2.45) is 5.41 Å². The zero-order valence-corrected chi connectivity index (χ0v) is 16.8. The van der Waals surface area contributed by atoms with Crippen LogP contribution in [0.5, 0.6) is 0 Å². The van der Waals surface area contributed by atoms with Gasteiger partial charge in [0.05, 0.1) is 5.69 Å². The van der Waals surface area contributed by atoms with Gasteiger partial charge in [-0.1, -0.05) is 19.9 Å². The smallest absolute Gasteiger partial charge is 0.251 e. The molecule has 3 rings (SSSR count). The average molecular weight is 391 g/mol. The molecule has 0 unspecified atom stereocenters. The van der Waals surface area contributed by atoms with Crippen molar-refractivity contribution in [3.63, 3.8) is 0 Å². The number of carbonyl (C=O) groups excluding carboxylic acids is 1. The van der Waals surface area contributed by atoms with Crippen LogP contribution in [-0.4, -0.2) is 39.1 Å². The van der Waals surface area contributed by atoms with Gasteiger partial charge in [0.25, 0.3) is 5.91 Å². The molecule has 0 spiro atoms. The molecular formula is C22H25N5O2. The van der Waals surface area contributed by atoms with Crippen molar-refractivity contribution in [2.45, 2.75) is 20.8 Å². The number of aryl methyl sites for hydroxylation is 1. The van der Waals surface area contributed by atoms with E-state index in [-0.39, 0.29) is 17.9 Å². The molecule has 3 aromatic rings. The van der Waals surface area contributed by atoms with Gasteiger partial charge in [-0.25, -0.2) is 15.0 Å². The van der Waals surface area contributed by atoms with Gasteiger partial charge in [0.2, 0.25) is 0 Å². The van der Waals surface area contributed by atoms with Crippen molar-refractivity contribution in [1.82, 2.24) is 20.3 Å². The molecule has 7 nitrogen and oxygen atoms in total. The lowest BCUT2D eigenvalue weighted by Gasteiger charge is -2.22. The van der Waals surface area contributed by atoms with Gasteiger partial charge < -0.3 is 15.7 Å². The van der Waals surface area contributed by atoms with Crippen molar-refractivity contribution >= 4 is 17.4 Å². The highest BCUT2D eigenvalue weighted by Crippen LogP contribution is 2.28. The van der Waals surface area contributed by atoms with E-state index in [2.05, 4.69) is 25.6 Å². The lowest BCUT2D eigenvalue weighted by Crippen LogP contribution is -2.36. The molecule has 0 aliphatic carbocycles. The number of aliphatic hydroxyl groups is 1. The molecule has 0 fully saturated rings. The maximum Gasteiger partial charge on any atom is 0.251 e. The number of aromatic nitrogens is 3. The molecule has 0 aliphatic heterocycles. The Morgan fingerprint density at radius 2 is 1.97 bits per heavy atom. The average Bonchev–Trinajstić information content (AvgIpc) is 2.74. The van der Waals surface area contributed by atoms with Crippen LogP contribution in [0.1, 0.15) is 29.8 Å². The van der Waals surface area contributed by atoms with Crippen molar-refractivity contribution in [1.29, 1.82) is 0 Å². The number of aliphatic hydroxyl groups excluding tert-OH is 1. The van der Waals surface area contributed by atoms with Crippen LogP contribution in [0.4, 0.5) is 11.5 Å². The predicted molar refractivity (Wildman–Crippen MR) is 113 cm³/mol. The van der Waals surface area contributed by atoms with E-state index in [0.29, 0.717) is 17.9 Å². The molecular weight excluding hydrogens is 366 g/mol. The fourth-order valence-electron chi connectivity index (χ4n) is 2.66. The topological polar surface area (TPSA) is 100 Å². The number of nitrogens with one attached hydrogen (secondary N) is 2. The fourth-order valence-corrected chi connectivity index (χ4v) is 2.66. The zero-order chi connectivity index (χ0) is 20.9. The first-order valence-electron chi connectivity index (χ1n) is 9.38. The highest BCUT2D eigenvalue weighted by Gasteiger charge is 2.18. The third kappa shape index (κ3) is 5.14. The normalized spacial score (nSPS) is 11.2. The number of anilines is 2. The van der Waals surface area contributed by atoms with Gasteiger partial charge in [-0.05, 0) is 42.8 Å². The summed E-state index contributed by atoms with van der Waals surface area (Å²) in [4.78, 5) is 25.3. The summed E-state index contributed by atoms with van der Waals surface area (Å²) in [7, 11) is 0. The minimum absolute atomic E-state index is 0.000518. The number of rotatable bonds is 7. The fraction of sp³-hybridized carbons (Fsp3) is 0.273. The van der Waals surface area contributed by atoms with E-state index in [1.165, 1.54) is 6.33 Å². The van der Waals surface area contributed by atoms with E-state index in [1.807, 2.05) is 45.0 Å². The lowest BCUT2D eigenvalue weighted by atomic mass is 9.95. The van der Waals surface area contributed by atoms with Crippen LogP contribution in [0.15, 0.2) is 55.1 Å². The Kier molecular flexibility index (Phi) is 6.19. The SMILES string of the molecule is Cc1ccc(C(=O)NCC(C)(C)CO)cc1Nc1ncccc1-c1ccncn1. The van der Waals surface area contributed by atoms with Crippen LogP contribution in [0.2, 0.25) is 0 Å². The van der Waals surface area contributed by atoms with E-state index in [1.54, 1.807) is 24.5 Å². The van der Waals surface area contributed by atoms with Crippen LogP contribution >= 0.6 is 0 Å². The molecule has 0 saturated carbocycles. The van der Waals surface area contributed by atoms with Crippen LogP contribution in [0.3, 0.4) is 0 Å². The highest BCUT2D eigenvalue weighted by molar-refractivity contribution is 5.95. The number of benzene rings is 1. The Bertz CT molecular complexity index is 990. The molecule has 0 radical (unpaired) electrons. The van der Waals surface area contributed by atoms with Crippen molar-refractivity contribution in [3.8, 4) is 11.3 Å². The Morgan fingerprint density at radius 1 is 1.14 bits per heavy atom. The summed E-state index contributed by atoms with van der Waals surface area (Å²) < 4.78 is 0. The maximum atomic E-state index is 12.6. The first-order valence-corrected chi connectivity index (χ1v) is 9.38. The van der Waals surface area contributed by atoms with Gasteiger partial charge in [-0.3, -0.25) is 4.79 Å². The predicted octanol–water partition coefficient (Wildman–Crippen LogP) is 3.34. The van der Waals surface area contributed by atoms with Gasteiger partial charge in [-0.15, -0.1) is 0 Å². The second kappa shape index (κ2) is 8.79. The summed E-state index contributed by atoms with van der Waals surface area (Å²) >= 11 is 0. The Labute approximate surface area is 170 Å². The van der Waals surface area contributed by atoms with Gasteiger partial charge in [0.15, 0.2) is 0 Å². The quantitative estimate of drug-likeness (QED) is 0.571. The first-order chi connectivity index (χ1) is 13.9. The molecule has 0 bridgehead atoms. The molecule has 29 heavy (non-hydrogen) atoms. The molecule has 2 aromatic heterocycles. The molecule has 2 heterocycles. The standard InChI is InChI=1S/C22H25N5O2/c1-15-6-7-16(21(29)25-12-22(2,3)13-28)11-19(15)27-20-17(5-4-9-24-20)18-8-10-23-14-26-18/h4-11,14,28H,12-13H2,1-3H3,(H,24,27)(H,25,29). The zero-order valence-electron chi connectivity index (χ0n) is 16.8. The Balaban J connectivity index is 1.84. The second-order valence-corrected chi connectivity index (χ2v) is 7.65. The maximum absolute atomic E-state index is 12.6. The van der Waals surface area contributed by atoms with Crippen molar-refractivity contribution in [3.05, 3.63) is 66.2 Å². The van der Waals surface area contributed by atoms with Gasteiger partial charge in [0, 0.05) is 47.8 Å². The number of nitrogens with zero attached hydrogens (tertiary/aromatic N) is 3. The van der Waals surface area contributed by atoms with Crippen LogP contribution < -0.4 is 10.6 Å². The van der Waals surface area contributed by atoms with E-state index in [4.69, 9.17) is 0 Å². The number of hydrogen-bond acceptors (Lipinski definition) is 6. The molecule has 7 heteroatoms. The van der Waals surface area contributed by atoms with Crippen LogP contribution in [0, 0.1) is 12.3 Å². The number of carbonyl (C=O) groups is 1. The molecule has 150 valence electrons. The molecule has 0 atom stereocenters. The van der Waals surface area contributed by atoms with E-state index < -0.39 is 0 Å². The summed E-state index contributed by atoms with van der Waals surface area (Å²) in [6.45, 7) is 6.14. The molecule has 0 saturated heterocycles. The number of amides is 1. The van der Waals surface area contributed by atoms with Crippen LogP contribution in [-0.2, 0) is 0 Å². The summed E-state index contributed by atoms with van der Waals surface area (Å²) in [5.74, 6) is 0.458. The number of pyridine rings is 1. The van der Waals surface area contributed by atoms with E-state index in [9.17, 15) is 9.90 Å². The summed E-state index contributed by atoms with van der Waals surface area (Å²) in [6.07, 6.45) is 4.88. The Morgan fingerprint density at radius 3 is 2.69 bits per heavy atom. The minimum atomic E-state index is -0.373. The third-order valence-corrected chi connectivity index (χ3v) is 4.57. The monoisotopic (exact) mass is 391 g/mol. The molecule has 1 aromatic carbocycles. The second-order valence-electron chi connectivity index (χ2n) is 7.65. The largest absolute Gasteiger partial charge is 0.396 e. The first kappa shape index (κ1) is 20.4. The van der Waals surface area contributed by atoms with E-state index >= 15 is 0 Å². The van der Waals surface area contributed by atoms with Crippen molar-refractivity contribution in [2.75, 3.05) is 18.5 Å². The summed E-state index contributed by atoms with van der Waals surface area (Å²) in [5, 5.41) is 15.6. The van der Waals surface area contributed by atoms with Crippen LogP contribution in [0.25, 0.3) is 11.3 Å². The van der Waals surface area contributed by atoms with Crippen molar-refractivity contribution < 1.29 is 9.90 Å². The summed E-state index contributed by atoms with van der Waals surface area (Å²) in [5.41, 5.74) is 3.53. The van der Waals surface area contributed by atoms with E-state index in [0.717, 1.165) is 22.5 Å². The van der Waals surface area contributed by atoms with Gasteiger partial charge >= 0.3 is 0 Å². The van der Waals surface area contributed by atoms with Gasteiger partial charge in [-0.2, -0.15) is 0 Å². The third-order valence-electron chi connectivity index (χ3n) is 4.57. The lowest BCUT2D eigenvalue weighted by molar-refractivity contribution is 0.0911. The molecule has 0 aliphatic rings. The minimum Gasteiger partial charge on any atom is -0.396 e. The highest BCUT2D eigenvalue weighted by atomic mass is 16.3. The molecule has 1 amide bonds. The van der Waals surface area contributed by atoms with Gasteiger partial charge in [0.1, 0.15) is 12.1 Å². The molecule has 3 N–H and O–H groups in total. The Hall–Kier alpha value is -3.32. The summed E-state index contributed by atoms with van der Waals surface area (Å²) in [6, 6.07) is 11.1. The number of hydrogen-bond donors (Lipinski definition) is 3.